The average molecular weight is 670 g/mol. The van der Waals surface area contributed by atoms with Crippen LogP contribution in [0.5, 0.6) is 0 Å². The first kappa shape index (κ1) is 39.6. The third-order valence-electron chi connectivity index (χ3n) is 7.68. The quantitative estimate of drug-likeness (QED) is 0.216. The van der Waals surface area contributed by atoms with Crippen LogP contribution in [0.2, 0.25) is 0 Å². The molecule has 0 aliphatic heterocycles. The van der Waals surface area contributed by atoms with Gasteiger partial charge in [-0.15, -0.1) is 0 Å². The zero-order valence-electron chi connectivity index (χ0n) is 30.1. The standard InChI is InChI=1S/C37H55N3O6S/c1-12-25(3)40(33(42)29(21-22-47-11)39-35(44)46-37(8,9)10)31(28-20-16-17-24(2)26(28)4)32(41)38-30(34(43)45-36(5,6)7)23-27-18-14-13-15-19-27/h13-20,25,29-31H,12,21-23H2,1-11H3,(H,38,41)(H,39,44). The van der Waals surface area contributed by atoms with E-state index in [0.717, 1.165) is 16.7 Å². The summed E-state index contributed by atoms with van der Waals surface area (Å²) < 4.78 is 11.3. The van der Waals surface area contributed by atoms with Crippen LogP contribution >= 0.6 is 11.8 Å². The van der Waals surface area contributed by atoms with Crippen LogP contribution in [0.4, 0.5) is 4.79 Å². The molecule has 10 heteroatoms. The maximum absolute atomic E-state index is 14.7. The molecule has 0 aromatic heterocycles. The molecule has 260 valence electrons. The molecule has 0 fully saturated rings. The van der Waals surface area contributed by atoms with Crippen molar-refractivity contribution < 1.29 is 28.7 Å². The van der Waals surface area contributed by atoms with Crippen molar-refractivity contribution in [3.63, 3.8) is 0 Å². The number of aryl methyl sites for hydroxylation is 1. The smallest absolute Gasteiger partial charge is 0.408 e. The third-order valence-corrected chi connectivity index (χ3v) is 8.32. The Morgan fingerprint density at radius 1 is 0.851 bits per heavy atom. The second-order valence-electron chi connectivity index (χ2n) is 14.0. The number of carbonyl (C=O) groups excluding carboxylic acids is 4. The average Bonchev–Trinajstić information content (AvgIpc) is 2.97. The summed E-state index contributed by atoms with van der Waals surface area (Å²) in [6.45, 7) is 18.3. The molecule has 0 bridgehead atoms. The molecule has 47 heavy (non-hydrogen) atoms. The van der Waals surface area contributed by atoms with Gasteiger partial charge in [-0.1, -0.05) is 55.5 Å². The summed E-state index contributed by atoms with van der Waals surface area (Å²) in [6.07, 6.45) is 2.30. The second kappa shape index (κ2) is 17.6. The SMILES string of the molecule is CCC(C)N(C(=O)C(CCSC)NC(=O)OC(C)(C)C)C(C(=O)NC(Cc1ccccc1)C(=O)OC(C)(C)C)c1cccc(C)c1C. The minimum atomic E-state index is -1.10. The van der Waals surface area contributed by atoms with Crippen molar-refractivity contribution in [2.24, 2.45) is 0 Å². The molecular formula is C37H55N3O6S. The van der Waals surface area contributed by atoms with Crippen LogP contribution in [-0.4, -0.2) is 70.1 Å². The molecule has 3 amide bonds. The molecular weight excluding hydrogens is 614 g/mol. The fraction of sp³-hybridized carbons (Fsp3) is 0.568. The number of rotatable bonds is 14. The van der Waals surface area contributed by atoms with E-state index in [4.69, 9.17) is 9.47 Å². The first-order valence-corrected chi connectivity index (χ1v) is 17.7. The maximum atomic E-state index is 14.7. The third kappa shape index (κ3) is 12.5. The predicted octanol–water partition coefficient (Wildman–Crippen LogP) is 6.69. The van der Waals surface area contributed by atoms with E-state index in [1.165, 1.54) is 0 Å². The van der Waals surface area contributed by atoms with Gasteiger partial charge in [0.1, 0.15) is 29.3 Å². The number of amides is 3. The van der Waals surface area contributed by atoms with E-state index in [1.807, 2.05) is 82.5 Å². The van der Waals surface area contributed by atoms with Crippen LogP contribution in [0.25, 0.3) is 0 Å². The highest BCUT2D eigenvalue weighted by molar-refractivity contribution is 7.98. The Morgan fingerprint density at radius 3 is 2.02 bits per heavy atom. The number of ether oxygens (including phenoxy) is 2. The van der Waals surface area contributed by atoms with Crippen molar-refractivity contribution in [3.05, 3.63) is 70.8 Å². The number of benzene rings is 2. The number of carbonyl (C=O) groups is 4. The number of hydrogen-bond donors (Lipinski definition) is 2. The van der Waals surface area contributed by atoms with Gasteiger partial charge in [0.2, 0.25) is 11.8 Å². The van der Waals surface area contributed by atoms with Crippen molar-refractivity contribution in [3.8, 4) is 0 Å². The summed E-state index contributed by atoms with van der Waals surface area (Å²) in [5.41, 5.74) is 1.76. The van der Waals surface area contributed by atoms with Gasteiger partial charge in [-0.05, 0) is 109 Å². The molecule has 0 saturated heterocycles. The first-order chi connectivity index (χ1) is 21.9. The topological polar surface area (TPSA) is 114 Å². The molecule has 9 nitrogen and oxygen atoms in total. The van der Waals surface area contributed by atoms with Gasteiger partial charge in [0.25, 0.3) is 0 Å². The summed E-state index contributed by atoms with van der Waals surface area (Å²) >= 11 is 1.55. The summed E-state index contributed by atoms with van der Waals surface area (Å²) in [5, 5.41) is 5.76. The molecule has 2 rings (SSSR count). The Balaban J connectivity index is 2.68. The number of alkyl carbamates (subject to hydrolysis) is 1. The normalized spacial score (nSPS) is 14.3. The lowest BCUT2D eigenvalue weighted by molar-refractivity contribution is -0.159. The van der Waals surface area contributed by atoms with Crippen LogP contribution in [0, 0.1) is 13.8 Å². The fourth-order valence-corrected chi connectivity index (χ4v) is 5.54. The Morgan fingerprint density at radius 2 is 1.47 bits per heavy atom. The van der Waals surface area contributed by atoms with Crippen molar-refractivity contribution in [1.29, 1.82) is 0 Å². The highest BCUT2D eigenvalue weighted by Gasteiger charge is 2.40. The van der Waals surface area contributed by atoms with Gasteiger partial charge in [0.05, 0.1) is 0 Å². The Kier molecular flexibility index (Phi) is 14.8. The molecule has 2 N–H and O–H groups in total. The van der Waals surface area contributed by atoms with Crippen LogP contribution in [0.15, 0.2) is 48.5 Å². The van der Waals surface area contributed by atoms with E-state index in [1.54, 1.807) is 58.2 Å². The largest absolute Gasteiger partial charge is 0.458 e. The molecule has 0 aliphatic rings. The minimum absolute atomic E-state index is 0.203. The lowest BCUT2D eigenvalue weighted by Crippen LogP contribution is -2.57. The summed E-state index contributed by atoms with van der Waals surface area (Å²) in [4.78, 5) is 57.4. The van der Waals surface area contributed by atoms with Gasteiger partial charge in [-0.25, -0.2) is 9.59 Å². The van der Waals surface area contributed by atoms with Crippen molar-refractivity contribution in [1.82, 2.24) is 15.5 Å². The number of thioether (sulfide) groups is 1. The Bertz CT molecular complexity index is 1350. The number of hydrogen-bond acceptors (Lipinski definition) is 7. The minimum Gasteiger partial charge on any atom is -0.458 e. The van der Waals surface area contributed by atoms with Crippen molar-refractivity contribution in [2.45, 2.75) is 124 Å². The molecule has 4 atom stereocenters. The van der Waals surface area contributed by atoms with E-state index in [9.17, 15) is 19.2 Å². The first-order valence-electron chi connectivity index (χ1n) is 16.3. The maximum Gasteiger partial charge on any atom is 0.408 e. The van der Waals surface area contributed by atoms with Crippen LogP contribution in [-0.2, 0) is 30.3 Å². The Labute approximate surface area is 285 Å². The van der Waals surface area contributed by atoms with Gasteiger partial charge >= 0.3 is 12.1 Å². The zero-order valence-corrected chi connectivity index (χ0v) is 30.9. The fourth-order valence-electron chi connectivity index (χ4n) is 5.07. The second-order valence-corrected chi connectivity index (χ2v) is 14.9. The van der Waals surface area contributed by atoms with E-state index in [0.29, 0.717) is 24.2 Å². The molecule has 0 aliphatic carbocycles. The summed E-state index contributed by atoms with van der Waals surface area (Å²) in [6, 6.07) is 11.6. The van der Waals surface area contributed by atoms with Crippen molar-refractivity contribution >= 4 is 35.6 Å². The van der Waals surface area contributed by atoms with E-state index in [2.05, 4.69) is 10.6 Å². The van der Waals surface area contributed by atoms with Gasteiger partial charge in [0.15, 0.2) is 0 Å². The number of nitrogens with one attached hydrogen (secondary N) is 2. The summed E-state index contributed by atoms with van der Waals surface area (Å²) in [5.74, 6) is -0.893. The van der Waals surface area contributed by atoms with Crippen LogP contribution in [0.3, 0.4) is 0 Å². The highest BCUT2D eigenvalue weighted by atomic mass is 32.2. The molecule has 0 spiro atoms. The highest BCUT2D eigenvalue weighted by Crippen LogP contribution is 2.31. The molecule has 2 aromatic rings. The molecule has 2 aromatic carbocycles. The van der Waals surface area contributed by atoms with Gasteiger partial charge < -0.3 is 25.0 Å². The Hall–Kier alpha value is -3.53. The molecule has 0 radical (unpaired) electrons. The van der Waals surface area contributed by atoms with Crippen LogP contribution in [0.1, 0.15) is 96.5 Å². The summed E-state index contributed by atoms with van der Waals surface area (Å²) in [7, 11) is 0. The number of nitrogens with zero attached hydrogens (tertiary/aromatic N) is 1. The van der Waals surface area contributed by atoms with Crippen LogP contribution < -0.4 is 10.6 Å². The van der Waals surface area contributed by atoms with Gasteiger partial charge in [0, 0.05) is 12.5 Å². The molecule has 4 unspecified atom stereocenters. The van der Waals surface area contributed by atoms with E-state index >= 15 is 0 Å². The predicted molar refractivity (Wildman–Crippen MR) is 189 cm³/mol. The van der Waals surface area contributed by atoms with E-state index in [-0.39, 0.29) is 6.42 Å². The van der Waals surface area contributed by atoms with Gasteiger partial charge in [-0.2, -0.15) is 11.8 Å². The monoisotopic (exact) mass is 669 g/mol. The molecule has 0 heterocycles. The number of esters is 1. The van der Waals surface area contributed by atoms with E-state index < -0.39 is 59.2 Å². The lowest BCUT2D eigenvalue weighted by atomic mass is 9.93. The van der Waals surface area contributed by atoms with Crippen molar-refractivity contribution in [2.75, 3.05) is 12.0 Å². The zero-order chi connectivity index (χ0) is 35.5. The molecule has 0 saturated carbocycles. The van der Waals surface area contributed by atoms with Gasteiger partial charge in [-0.3, -0.25) is 9.59 Å². The lowest BCUT2D eigenvalue weighted by Gasteiger charge is -2.39.